The molecular formula is C18H23N3O3S. The molecule has 25 heavy (non-hydrogen) atoms. The fourth-order valence-electron chi connectivity index (χ4n) is 2.40. The molecule has 0 heterocycles. The van der Waals surface area contributed by atoms with Crippen LogP contribution in [0, 0.1) is 0 Å². The van der Waals surface area contributed by atoms with Crippen LogP contribution in [-0.2, 0) is 4.79 Å². The lowest BCUT2D eigenvalue weighted by molar-refractivity contribution is -0.131. The Morgan fingerprint density at radius 3 is 2.64 bits per heavy atom. The number of benzene rings is 2. The number of thioether (sulfide) groups is 1. The van der Waals surface area contributed by atoms with Gasteiger partial charge in [-0.3, -0.25) is 20.4 Å². The molecule has 0 saturated carbocycles. The maximum Gasteiger partial charge on any atom is 0.270 e. The van der Waals surface area contributed by atoms with Crippen LogP contribution in [0.1, 0.15) is 23.7 Å². The predicted molar refractivity (Wildman–Crippen MR) is 101 cm³/mol. The van der Waals surface area contributed by atoms with Crippen LogP contribution in [0.15, 0.2) is 42.5 Å². The summed E-state index contributed by atoms with van der Waals surface area (Å²) in [6.45, 7) is 2.03. The summed E-state index contributed by atoms with van der Waals surface area (Å²) in [5.74, 6) is 0.551. The topological polar surface area (TPSA) is 104 Å². The Morgan fingerprint density at radius 1 is 1.16 bits per heavy atom. The molecule has 2 rings (SSSR count). The van der Waals surface area contributed by atoms with Crippen molar-refractivity contribution in [3.05, 3.63) is 48.0 Å². The number of nitrogens with two attached hydrogens (primary N) is 1. The van der Waals surface area contributed by atoms with Gasteiger partial charge >= 0.3 is 0 Å². The van der Waals surface area contributed by atoms with Gasteiger partial charge in [0, 0.05) is 11.6 Å². The second kappa shape index (κ2) is 9.41. The maximum absolute atomic E-state index is 12.3. The lowest BCUT2D eigenvalue weighted by Gasteiger charge is -2.18. The Kier molecular flexibility index (Phi) is 7.24. The minimum Gasteiger partial charge on any atom is -0.382 e. The van der Waals surface area contributed by atoms with Crippen molar-refractivity contribution >= 4 is 34.3 Å². The highest BCUT2D eigenvalue weighted by atomic mass is 32.2. The Bertz CT molecular complexity index is 733. The first kappa shape index (κ1) is 19.2. The van der Waals surface area contributed by atoms with Gasteiger partial charge in [-0.05, 0) is 34.8 Å². The molecule has 5 N–H and O–H groups in total. The van der Waals surface area contributed by atoms with Crippen LogP contribution in [-0.4, -0.2) is 40.6 Å². The summed E-state index contributed by atoms with van der Waals surface area (Å²) >= 11 is 1.69. The first-order valence-corrected chi connectivity index (χ1v) is 9.29. The summed E-state index contributed by atoms with van der Waals surface area (Å²) in [4.78, 5) is 24.3. The number of carbonyl (C=O) groups excluding carboxylic acids is 2. The van der Waals surface area contributed by atoms with E-state index < -0.39 is 24.0 Å². The Balaban J connectivity index is 1.93. The highest BCUT2D eigenvalue weighted by Crippen LogP contribution is 2.18. The molecule has 0 aliphatic rings. The molecule has 2 aromatic rings. The molecule has 0 aliphatic carbocycles. The highest BCUT2D eigenvalue weighted by molar-refractivity contribution is 7.99. The standard InChI is InChI=1S/C18H23N3O3S/c1-2-25-11-10-15(19)16(22)18(24)21-20-17(23)14-9-5-7-12-6-3-4-8-13(12)14/h3-9,15-16,22H,2,10-11,19H2,1H3,(H,20,23)(H,21,24). The van der Waals surface area contributed by atoms with Crippen molar-refractivity contribution in [3.8, 4) is 0 Å². The number of rotatable bonds is 7. The van der Waals surface area contributed by atoms with E-state index in [9.17, 15) is 14.7 Å². The van der Waals surface area contributed by atoms with Crippen molar-refractivity contribution in [1.82, 2.24) is 10.9 Å². The molecule has 2 aromatic carbocycles. The molecule has 2 unspecified atom stereocenters. The summed E-state index contributed by atoms with van der Waals surface area (Å²) < 4.78 is 0. The molecular weight excluding hydrogens is 338 g/mol. The number of nitrogens with one attached hydrogen (secondary N) is 2. The average molecular weight is 361 g/mol. The molecule has 2 amide bonds. The average Bonchev–Trinajstić information content (AvgIpc) is 2.64. The van der Waals surface area contributed by atoms with Crippen LogP contribution in [0.2, 0.25) is 0 Å². The fraction of sp³-hybridized carbons (Fsp3) is 0.333. The zero-order valence-corrected chi connectivity index (χ0v) is 14.9. The minimum absolute atomic E-state index is 0.441. The number of fused-ring (bicyclic) bond motifs is 1. The Hall–Kier alpha value is -2.09. The monoisotopic (exact) mass is 361 g/mol. The molecule has 0 aliphatic heterocycles. The van der Waals surface area contributed by atoms with Crippen molar-refractivity contribution in [2.75, 3.05) is 11.5 Å². The Labute approximate surface area is 151 Å². The third-order valence-electron chi connectivity index (χ3n) is 3.81. The first-order valence-electron chi connectivity index (χ1n) is 8.14. The zero-order valence-electron chi connectivity index (χ0n) is 14.1. The number of aliphatic hydroxyl groups excluding tert-OH is 1. The molecule has 0 bridgehead atoms. The normalized spacial score (nSPS) is 13.2. The SMILES string of the molecule is CCSCCC(N)C(O)C(=O)NNC(=O)c1cccc2ccccc12. The van der Waals surface area contributed by atoms with Gasteiger partial charge < -0.3 is 10.8 Å². The van der Waals surface area contributed by atoms with E-state index in [0.29, 0.717) is 12.0 Å². The van der Waals surface area contributed by atoms with Crippen LogP contribution < -0.4 is 16.6 Å². The summed E-state index contributed by atoms with van der Waals surface area (Å²) in [5.41, 5.74) is 10.8. The third-order valence-corrected chi connectivity index (χ3v) is 4.74. The van der Waals surface area contributed by atoms with Gasteiger partial charge in [0.05, 0.1) is 0 Å². The number of amides is 2. The van der Waals surface area contributed by atoms with E-state index in [0.717, 1.165) is 22.3 Å². The van der Waals surface area contributed by atoms with Crippen LogP contribution >= 0.6 is 11.8 Å². The second-order valence-corrected chi connectivity index (χ2v) is 6.96. The molecule has 0 fully saturated rings. The van der Waals surface area contributed by atoms with E-state index in [-0.39, 0.29) is 0 Å². The smallest absolute Gasteiger partial charge is 0.270 e. The molecule has 2 atom stereocenters. The van der Waals surface area contributed by atoms with E-state index in [1.165, 1.54) is 0 Å². The van der Waals surface area contributed by atoms with Gasteiger partial charge in [-0.15, -0.1) is 0 Å². The molecule has 0 radical (unpaired) electrons. The maximum atomic E-state index is 12.3. The molecule has 0 aromatic heterocycles. The second-order valence-electron chi connectivity index (χ2n) is 5.56. The van der Waals surface area contributed by atoms with Crippen molar-refractivity contribution in [1.29, 1.82) is 0 Å². The van der Waals surface area contributed by atoms with Crippen LogP contribution in [0.4, 0.5) is 0 Å². The molecule has 0 saturated heterocycles. The summed E-state index contributed by atoms with van der Waals surface area (Å²) in [6, 6.07) is 12.2. The van der Waals surface area contributed by atoms with Crippen molar-refractivity contribution in [3.63, 3.8) is 0 Å². The van der Waals surface area contributed by atoms with Gasteiger partial charge in [0.2, 0.25) is 0 Å². The predicted octanol–water partition coefficient (Wildman–Crippen LogP) is 1.43. The van der Waals surface area contributed by atoms with E-state index in [1.54, 1.807) is 23.9 Å². The number of hydrogen-bond acceptors (Lipinski definition) is 5. The van der Waals surface area contributed by atoms with Gasteiger partial charge in [-0.25, -0.2) is 0 Å². The minimum atomic E-state index is -1.37. The fourth-order valence-corrected chi connectivity index (χ4v) is 3.13. The Morgan fingerprint density at radius 2 is 1.88 bits per heavy atom. The van der Waals surface area contributed by atoms with Crippen molar-refractivity contribution in [2.24, 2.45) is 5.73 Å². The van der Waals surface area contributed by atoms with E-state index >= 15 is 0 Å². The largest absolute Gasteiger partial charge is 0.382 e. The third kappa shape index (κ3) is 5.19. The van der Waals surface area contributed by atoms with Gasteiger partial charge in [-0.2, -0.15) is 11.8 Å². The summed E-state index contributed by atoms with van der Waals surface area (Å²) in [5, 5.41) is 11.7. The van der Waals surface area contributed by atoms with Crippen LogP contribution in [0.25, 0.3) is 10.8 Å². The molecule has 134 valence electrons. The lowest BCUT2D eigenvalue weighted by atomic mass is 10.0. The van der Waals surface area contributed by atoms with E-state index in [2.05, 4.69) is 10.9 Å². The van der Waals surface area contributed by atoms with Gasteiger partial charge in [0.25, 0.3) is 11.8 Å². The zero-order chi connectivity index (χ0) is 18.2. The summed E-state index contributed by atoms with van der Waals surface area (Å²) in [7, 11) is 0. The van der Waals surface area contributed by atoms with E-state index in [4.69, 9.17) is 5.73 Å². The van der Waals surface area contributed by atoms with Crippen molar-refractivity contribution < 1.29 is 14.7 Å². The quantitative estimate of drug-likeness (QED) is 0.441. The first-order chi connectivity index (χ1) is 12.0. The molecule has 0 spiro atoms. The number of hydrazine groups is 1. The molecule has 7 heteroatoms. The van der Waals surface area contributed by atoms with Crippen LogP contribution in [0.3, 0.4) is 0 Å². The highest BCUT2D eigenvalue weighted by Gasteiger charge is 2.23. The van der Waals surface area contributed by atoms with Gasteiger partial charge in [0.15, 0.2) is 0 Å². The molecule has 6 nitrogen and oxygen atoms in total. The van der Waals surface area contributed by atoms with Gasteiger partial charge in [-0.1, -0.05) is 43.3 Å². The van der Waals surface area contributed by atoms with E-state index in [1.807, 2.05) is 37.3 Å². The number of hydrogen-bond donors (Lipinski definition) is 4. The van der Waals surface area contributed by atoms with Gasteiger partial charge in [0.1, 0.15) is 6.10 Å². The summed E-state index contributed by atoms with van der Waals surface area (Å²) in [6.07, 6.45) is -0.852. The lowest BCUT2D eigenvalue weighted by Crippen LogP contribution is -2.52. The number of aliphatic hydroxyl groups is 1. The van der Waals surface area contributed by atoms with Crippen molar-refractivity contribution in [2.45, 2.75) is 25.5 Å². The van der Waals surface area contributed by atoms with Crippen LogP contribution in [0.5, 0.6) is 0 Å². The number of carbonyl (C=O) groups is 2.